The molecule has 0 aliphatic carbocycles. The van der Waals surface area contributed by atoms with Gasteiger partial charge in [-0.1, -0.05) is 41.6 Å². The van der Waals surface area contributed by atoms with Gasteiger partial charge in [0, 0.05) is 15.8 Å². The van der Waals surface area contributed by atoms with Crippen LogP contribution in [0.25, 0.3) is 6.08 Å². The van der Waals surface area contributed by atoms with Crippen LogP contribution in [-0.2, 0) is 0 Å². The summed E-state index contributed by atoms with van der Waals surface area (Å²) in [5, 5.41) is 2.19. The Hall–Kier alpha value is -1.50. The molecule has 0 saturated heterocycles. The first-order chi connectivity index (χ1) is 9.88. The number of aryl methyl sites for hydroxylation is 2. The Balaban J connectivity index is 2.29. The highest BCUT2D eigenvalue weighted by molar-refractivity contribution is 7.27. The SMILES string of the molecule is Cc1cc(/C=C/C(=O)c2cc([SiH3])ccc2P)cc(C)c1C. The van der Waals surface area contributed by atoms with Crippen molar-refractivity contribution in [3.63, 3.8) is 0 Å². The zero-order chi connectivity index (χ0) is 15.6. The third kappa shape index (κ3) is 3.78. The molecule has 1 unspecified atom stereocenters. The van der Waals surface area contributed by atoms with Crippen molar-refractivity contribution in [1.82, 2.24) is 0 Å². The van der Waals surface area contributed by atoms with E-state index in [9.17, 15) is 4.79 Å². The summed E-state index contributed by atoms with van der Waals surface area (Å²) in [4.78, 5) is 12.3. The molecule has 0 fully saturated rings. The minimum atomic E-state index is 0.0635. The Morgan fingerprint density at radius 1 is 1.10 bits per heavy atom. The number of rotatable bonds is 3. The summed E-state index contributed by atoms with van der Waals surface area (Å²) in [6, 6.07) is 10.3. The van der Waals surface area contributed by atoms with E-state index in [1.807, 2.05) is 18.2 Å². The van der Waals surface area contributed by atoms with Gasteiger partial charge in [0.2, 0.25) is 0 Å². The summed E-state index contributed by atoms with van der Waals surface area (Å²) >= 11 is 0. The van der Waals surface area contributed by atoms with E-state index in [-0.39, 0.29) is 5.78 Å². The molecule has 0 amide bonds. The van der Waals surface area contributed by atoms with Crippen molar-refractivity contribution in [2.45, 2.75) is 20.8 Å². The molecule has 21 heavy (non-hydrogen) atoms. The standard InChI is InChI=1S/C18H21OPSi/c1-11-8-14(9-12(2)13(11)3)4-6-17(19)16-10-15(21)5-7-18(16)20/h4-10H,20H2,1-3,21H3/b6-4+. The van der Waals surface area contributed by atoms with Gasteiger partial charge in [-0.15, -0.1) is 9.24 Å². The van der Waals surface area contributed by atoms with Gasteiger partial charge in [0.15, 0.2) is 5.78 Å². The smallest absolute Gasteiger partial charge is 0.186 e. The fourth-order valence-corrected chi connectivity index (χ4v) is 3.09. The van der Waals surface area contributed by atoms with Gasteiger partial charge in [-0.2, -0.15) is 0 Å². The maximum absolute atomic E-state index is 12.3. The number of carbonyl (C=O) groups excluding carboxylic acids is 1. The quantitative estimate of drug-likeness (QED) is 0.367. The number of allylic oxidation sites excluding steroid dienone is 1. The second-order valence-electron chi connectivity index (χ2n) is 5.57. The second-order valence-corrected chi connectivity index (χ2v) is 7.34. The first-order valence-corrected chi connectivity index (χ1v) is 8.62. The topological polar surface area (TPSA) is 17.1 Å². The summed E-state index contributed by atoms with van der Waals surface area (Å²) in [6.45, 7) is 6.33. The molecule has 1 nitrogen and oxygen atoms in total. The number of hydrogen-bond acceptors (Lipinski definition) is 1. The van der Waals surface area contributed by atoms with E-state index in [2.05, 4.69) is 48.2 Å². The van der Waals surface area contributed by atoms with Crippen molar-refractivity contribution in [3.05, 3.63) is 64.2 Å². The van der Waals surface area contributed by atoms with Crippen molar-refractivity contribution < 1.29 is 4.79 Å². The van der Waals surface area contributed by atoms with Crippen LogP contribution in [0.1, 0.15) is 32.6 Å². The number of hydrogen-bond donors (Lipinski definition) is 0. The van der Waals surface area contributed by atoms with Crippen molar-refractivity contribution in [2.24, 2.45) is 0 Å². The highest BCUT2D eigenvalue weighted by atomic mass is 31.0. The van der Waals surface area contributed by atoms with E-state index < -0.39 is 0 Å². The number of ketones is 1. The molecule has 0 spiro atoms. The fourth-order valence-electron chi connectivity index (χ4n) is 2.31. The Kier molecular flexibility index (Phi) is 4.92. The molecule has 0 aliphatic rings. The molecule has 2 aromatic carbocycles. The third-order valence-electron chi connectivity index (χ3n) is 3.85. The summed E-state index contributed by atoms with van der Waals surface area (Å²) in [5.74, 6) is 0.0635. The van der Waals surface area contributed by atoms with Gasteiger partial charge in [-0.05, 0) is 54.4 Å². The molecular formula is C18H21OPSi. The fraction of sp³-hybridized carbons (Fsp3) is 0.167. The van der Waals surface area contributed by atoms with Crippen molar-refractivity contribution in [2.75, 3.05) is 0 Å². The van der Waals surface area contributed by atoms with Crippen LogP contribution in [0.3, 0.4) is 0 Å². The van der Waals surface area contributed by atoms with E-state index in [1.54, 1.807) is 6.08 Å². The molecule has 0 aromatic heterocycles. The number of benzene rings is 2. The highest BCUT2D eigenvalue weighted by Gasteiger charge is 2.06. The van der Waals surface area contributed by atoms with Crippen molar-refractivity contribution in [1.29, 1.82) is 0 Å². The van der Waals surface area contributed by atoms with Crippen molar-refractivity contribution in [3.8, 4) is 0 Å². The third-order valence-corrected chi connectivity index (χ3v) is 4.98. The summed E-state index contributed by atoms with van der Waals surface area (Å²) < 4.78 is 0. The van der Waals surface area contributed by atoms with E-state index in [0.29, 0.717) is 0 Å². The van der Waals surface area contributed by atoms with Gasteiger partial charge in [0.25, 0.3) is 0 Å². The van der Waals surface area contributed by atoms with Gasteiger partial charge in [-0.3, -0.25) is 4.79 Å². The molecule has 1 atom stereocenters. The zero-order valence-corrected chi connectivity index (χ0v) is 16.2. The molecule has 0 N–H and O–H groups in total. The monoisotopic (exact) mass is 312 g/mol. The van der Waals surface area contributed by atoms with Crippen molar-refractivity contribution >= 4 is 41.8 Å². The maximum Gasteiger partial charge on any atom is 0.186 e. The van der Waals surface area contributed by atoms with Crippen LogP contribution >= 0.6 is 9.24 Å². The lowest BCUT2D eigenvalue weighted by Gasteiger charge is -2.06. The highest BCUT2D eigenvalue weighted by Crippen LogP contribution is 2.16. The molecule has 3 heteroatoms. The van der Waals surface area contributed by atoms with Gasteiger partial charge in [0.05, 0.1) is 0 Å². The average Bonchev–Trinajstić information content (AvgIpc) is 2.44. The molecule has 0 bridgehead atoms. The van der Waals surface area contributed by atoms with Crippen LogP contribution in [0, 0.1) is 20.8 Å². The Labute approximate surface area is 132 Å². The van der Waals surface area contributed by atoms with Gasteiger partial charge in [0.1, 0.15) is 0 Å². The van der Waals surface area contributed by atoms with Gasteiger partial charge in [-0.25, -0.2) is 0 Å². The molecule has 0 radical (unpaired) electrons. The lowest BCUT2D eigenvalue weighted by atomic mass is 10.00. The predicted molar refractivity (Wildman–Crippen MR) is 99.4 cm³/mol. The lowest BCUT2D eigenvalue weighted by Crippen LogP contribution is -2.14. The van der Waals surface area contributed by atoms with Crippen LogP contribution in [0.2, 0.25) is 0 Å². The van der Waals surface area contributed by atoms with E-state index in [0.717, 1.165) is 26.7 Å². The lowest BCUT2D eigenvalue weighted by molar-refractivity contribution is 0.104. The Morgan fingerprint density at radius 3 is 2.33 bits per heavy atom. The normalized spacial score (nSPS) is 11.2. The first kappa shape index (κ1) is 15.9. The Bertz CT molecular complexity index is 709. The average molecular weight is 312 g/mol. The largest absolute Gasteiger partial charge is 0.289 e. The molecule has 0 aliphatic heterocycles. The predicted octanol–water partition coefficient (Wildman–Crippen LogP) is 2.00. The van der Waals surface area contributed by atoms with Gasteiger partial charge >= 0.3 is 0 Å². The van der Waals surface area contributed by atoms with Gasteiger partial charge < -0.3 is 0 Å². The van der Waals surface area contributed by atoms with Crippen LogP contribution in [0.4, 0.5) is 0 Å². The molecule has 0 heterocycles. The molecule has 108 valence electrons. The summed E-state index contributed by atoms with van der Waals surface area (Å²) in [5.41, 5.74) is 5.70. The van der Waals surface area contributed by atoms with E-state index >= 15 is 0 Å². The van der Waals surface area contributed by atoms with Crippen LogP contribution in [0.5, 0.6) is 0 Å². The Morgan fingerprint density at radius 2 is 1.71 bits per heavy atom. The molecule has 0 saturated carbocycles. The number of carbonyl (C=O) groups is 1. The summed E-state index contributed by atoms with van der Waals surface area (Å²) in [6.07, 6.45) is 3.58. The second kappa shape index (κ2) is 6.51. The maximum atomic E-state index is 12.3. The van der Waals surface area contributed by atoms with Crippen LogP contribution < -0.4 is 10.5 Å². The van der Waals surface area contributed by atoms with E-state index in [4.69, 9.17) is 0 Å². The minimum Gasteiger partial charge on any atom is -0.289 e. The molecular weight excluding hydrogens is 291 g/mol. The molecule has 2 aromatic rings. The van der Waals surface area contributed by atoms with Crippen LogP contribution in [0.15, 0.2) is 36.4 Å². The zero-order valence-electron chi connectivity index (χ0n) is 13.0. The molecule has 2 rings (SSSR count). The van der Waals surface area contributed by atoms with Crippen LogP contribution in [-0.4, -0.2) is 16.0 Å². The summed E-state index contributed by atoms with van der Waals surface area (Å²) in [7, 11) is 3.60. The first-order valence-electron chi connectivity index (χ1n) is 7.05. The minimum absolute atomic E-state index is 0.0635. The van der Waals surface area contributed by atoms with E-state index in [1.165, 1.54) is 21.9 Å².